The number of likely N-dealkylation sites (tertiary alicyclic amines) is 1. The molecule has 1 atom stereocenters. The fourth-order valence-electron chi connectivity index (χ4n) is 3.48. The Labute approximate surface area is 131 Å². The summed E-state index contributed by atoms with van der Waals surface area (Å²) in [5, 5.41) is 10.2. The molecule has 1 aliphatic heterocycles. The minimum atomic E-state index is 0.718. The number of hydrogen-bond acceptors (Lipinski definition) is 4. The summed E-state index contributed by atoms with van der Waals surface area (Å²) in [6.45, 7) is 1.28. The normalized spacial score (nSPS) is 27.2. The largest absolute Gasteiger partial charge is 0.303 e. The van der Waals surface area contributed by atoms with Crippen molar-refractivity contribution >= 4 is 11.8 Å². The first kappa shape index (κ1) is 14.1. The van der Waals surface area contributed by atoms with Crippen molar-refractivity contribution < 1.29 is 0 Å². The van der Waals surface area contributed by atoms with Crippen molar-refractivity contribution in [3.63, 3.8) is 0 Å². The summed E-state index contributed by atoms with van der Waals surface area (Å²) in [5.41, 5.74) is 0. The number of nitrogens with zero attached hydrogens (tertiary/aromatic N) is 4. The lowest BCUT2D eigenvalue weighted by molar-refractivity contribution is 0.182. The van der Waals surface area contributed by atoms with Crippen LogP contribution in [-0.4, -0.2) is 45.1 Å². The number of hydrogen-bond donors (Lipinski definition) is 0. The minimum Gasteiger partial charge on any atom is -0.303 e. The first-order valence-electron chi connectivity index (χ1n) is 8.61. The molecule has 1 saturated heterocycles. The van der Waals surface area contributed by atoms with E-state index in [1.807, 2.05) is 11.8 Å². The maximum absolute atomic E-state index is 4.50. The second-order valence-corrected chi connectivity index (χ2v) is 8.05. The van der Waals surface area contributed by atoms with Gasteiger partial charge in [0.05, 0.1) is 0 Å². The van der Waals surface area contributed by atoms with Crippen molar-refractivity contribution in [2.75, 3.05) is 19.3 Å². The Morgan fingerprint density at radius 1 is 1.10 bits per heavy atom. The Balaban J connectivity index is 1.36. The molecule has 0 aromatic carbocycles. The van der Waals surface area contributed by atoms with Gasteiger partial charge in [-0.25, -0.2) is 0 Å². The molecule has 2 saturated carbocycles. The first-order valence-corrected chi connectivity index (χ1v) is 9.59. The number of thioether (sulfide) groups is 1. The average molecular weight is 306 g/mol. The zero-order valence-corrected chi connectivity index (χ0v) is 13.8. The van der Waals surface area contributed by atoms with Crippen LogP contribution in [-0.2, 0) is 0 Å². The lowest BCUT2D eigenvalue weighted by Crippen LogP contribution is -2.36. The van der Waals surface area contributed by atoms with E-state index in [0.717, 1.165) is 18.0 Å². The highest BCUT2D eigenvalue weighted by atomic mass is 32.2. The zero-order chi connectivity index (χ0) is 14.2. The third-order valence-corrected chi connectivity index (χ3v) is 6.13. The lowest BCUT2D eigenvalue weighted by atomic mass is 10.0. The topological polar surface area (TPSA) is 34.0 Å². The van der Waals surface area contributed by atoms with Crippen LogP contribution in [0.3, 0.4) is 0 Å². The van der Waals surface area contributed by atoms with Crippen molar-refractivity contribution in [3.05, 3.63) is 5.82 Å². The van der Waals surface area contributed by atoms with E-state index in [9.17, 15) is 0 Å². The summed E-state index contributed by atoms with van der Waals surface area (Å²) in [6.07, 6.45) is 10.7. The van der Waals surface area contributed by atoms with Crippen LogP contribution in [0.4, 0.5) is 0 Å². The standard InChI is InChI=1S/C16H26N4S/c1-19-10-3-2-4-13(19)9-11-21-16-18-17-15(12-5-6-12)20(16)14-7-8-14/h12-14H,2-11H2,1H3. The van der Waals surface area contributed by atoms with E-state index in [2.05, 4.69) is 26.7 Å². The highest BCUT2D eigenvalue weighted by Crippen LogP contribution is 2.46. The predicted octanol–water partition coefficient (Wildman–Crippen LogP) is 3.46. The Bertz CT molecular complexity index is 492. The van der Waals surface area contributed by atoms with Crippen molar-refractivity contribution in [1.82, 2.24) is 19.7 Å². The van der Waals surface area contributed by atoms with E-state index in [1.165, 1.54) is 74.6 Å². The number of rotatable bonds is 6. The third kappa shape index (κ3) is 3.14. The zero-order valence-electron chi connectivity index (χ0n) is 13.0. The van der Waals surface area contributed by atoms with Crippen LogP contribution in [0.5, 0.6) is 0 Å². The van der Waals surface area contributed by atoms with Gasteiger partial charge >= 0.3 is 0 Å². The van der Waals surface area contributed by atoms with E-state index in [4.69, 9.17) is 0 Å². The molecular weight excluding hydrogens is 280 g/mol. The molecule has 1 aromatic rings. The van der Waals surface area contributed by atoms with Gasteiger partial charge in [-0.3, -0.25) is 0 Å². The molecule has 4 nitrogen and oxygen atoms in total. The monoisotopic (exact) mass is 306 g/mol. The molecule has 21 heavy (non-hydrogen) atoms. The Hall–Kier alpha value is -0.550. The van der Waals surface area contributed by atoms with Crippen LogP contribution in [0.25, 0.3) is 0 Å². The van der Waals surface area contributed by atoms with Gasteiger partial charge in [-0.05, 0) is 58.5 Å². The highest BCUT2D eigenvalue weighted by molar-refractivity contribution is 7.99. The number of aromatic nitrogens is 3. The smallest absolute Gasteiger partial charge is 0.191 e. The summed E-state index contributed by atoms with van der Waals surface area (Å²) >= 11 is 1.94. The van der Waals surface area contributed by atoms with Crippen LogP contribution < -0.4 is 0 Å². The quantitative estimate of drug-likeness (QED) is 0.754. The van der Waals surface area contributed by atoms with Gasteiger partial charge in [0, 0.05) is 23.8 Å². The second-order valence-electron chi connectivity index (χ2n) is 6.98. The van der Waals surface area contributed by atoms with Gasteiger partial charge in [0.25, 0.3) is 0 Å². The molecular formula is C16H26N4S. The molecule has 0 bridgehead atoms. The van der Waals surface area contributed by atoms with E-state index in [1.54, 1.807) is 0 Å². The summed E-state index contributed by atoms with van der Waals surface area (Å²) in [7, 11) is 2.28. The first-order chi connectivity index (χ1) is 10.3. The molecule has 116 valence electrons. The third-order valence-electron chi connectivity index (χ3n) is 5.15. The Kier molecular flexibility index (Phi) is 3.96. The molecule has 2 heterocycles. The van der Waals surface area contributed by atoms with Crippen molar-refractivity contribution in [3.8, 4) is 0 Å². The molecule has 3 aliphatic rings. The van der Waals surface area contributed by atoms with Crippen LogP contribution in [0.2, 0.25) is 0 Å². The molecule has 5 heteroatoms. The van der Waals surface area contributed by atoms with Crippen molar-refractivity contribution in [2.24, 2.45) is 0 Å². The van der Waals surface area contributed by atoms with Crippen LogP contribution in [0.1, 0.15) is 69.2 Å². The molecule has 0 radical (unpaired) electrons. The summed E-state index contributed by atoms with van der Waals surface area (Å²) in [6, 6.07) is 1.50. The van der Waals surface area contributed by atoms with Crippen LogP contribution in [0.15, 0.2) is 5.16 Å². The predicted molar refractivity (Wildman–Crippen MR) is 85.9 cm³/mol. The molecule has 4 rings (SSSR count). The maximum atomic E-state index is 4.50. The molecule has 0 amide bonds. The summed E-state index contributed by atoms with van der Waals surface area (Å²) in [4.78, 5) is 2.55. The van der Waals surface area contributed by atoms with Gasteiger partial charge in [-0.2, -0.15) is 0 Å². The molecule has 0 N–H and O–H groups in total. The van der Waals surface area contributed by atoms with Gasteiger partial charge < -0.3 is 9.47 Å². The molecule has 1 aromatic heterocycles. The minimum absolute atomic E-state index is 0.718. The van der Waals surface area contributed by atoms with E-state index >= 15 is 0 Å². The average Bonchev–Trinajstić information content (AvgIpc) is 3.40. The Morgan fingerprint density at radius 3 is 2.67 bits per heavy atom. The fraction of sp³-hybridized carbons (Fsp3) is 0.875. The van der Waals surface area contributed by atoms with Crippen molar-refractivity contribution in [1.29, 1.82) is 0 Å². The van der Waals surface area contributed by atoms with E-state index < -0.39 is 0 Å². The molecule has 1 unspecified atom stereocenters. The van der Waals surface area contributed by atoms with Gasteiger partial charge in [-0.1, -0.05) is 18.2 Å². The van der Waals surface area contributed by atoms with Gasteiger partial charge in [0.1, 0.15) is 5.82 Å². The SMILES string of the molecule is CN1CCCCC1CCSc1nnc(C2CC2)n1C1CC1. The maximum Gasteiger partial charge on any atom is 0.191 e. The summed E-state index contributed by atoms with van der Waals surface area (Å²) < 4.78 is 2.48. The van der Waals surface area contributed by atoms with Crippen molar-refractivity contribution in [2.45, 2.75) is 74.5 Å². The van der Waals surface area contributed by atoms with E-state index in [-0.39, 0.29) is 0 Å². The van der Waals surface area contributed by atoms with E-state index in [0.29, 0.717) is 0 Å². The molecule has 3 fully saturated rings. The second kappa shape index (κ2) is 5.92. The van der Waals surface area contributed by atoms with Gasteiger partial charge in [0.15, 0.2) is 5.16 Å². The Morgan fingerprint density at radius 2 is 1.95 bits per heavy atom. The molecule has 2 aliphatic carbocycles. The van der Waals surface area contributed by atoms with Crippen LogP contribution >= 0.6 is 11.8 Å². The lowest BCUT2D eigenvalue weighted by Gasteiger charge is -2.32. The summed E-state index contributed by atoms with van der Waals surface area (Å²) in [5.74, 6) is 3.19. The fourth-order valence-corrected chi connectivity index (χ4v) is 4.53. The number of piperidine rings is 1. The van der Waals surface area contributed by atoms with Crippen LogP contribution in [0, 0.1) is 0 Å². The van der Waals surface area contributed by atoms with Gasteiger partial charge in [-0.15, -0.1) is 10.2 Å². The molecule has 0 spiro atoms. The van der Waals surface area contributed by atoms with Gasteiger partial charge in [0.2, 0.25) is 0 Å². The highest BCUT2D eigenvalue weighted by Gasteiger charge is 2.36.